The van der Waals surface area contributed by atoms with Gasteiger partial charge >= 0.3 is 0 Å². The molecule has 1 heterocycles. The van der Waals surface area contributed by atoms with Crippen LogP contribution in [-0.4, -0.2) is 28.1 Å². The van der Waals surface area contributed by atoms with Crippen LogP contribution >= 0.6 is 11.8 Å². The lowest BCUT2D eigenvalue weighted by Crippen LogP contribution is -2.26. The zero-order chi connectivity index (χ0) is 13.4. The minimum absolute atomic E-state index is 0.0175. The molecule has 0 saturated heterocycles. The molecule has 0 amide bonds. The Morgan fingerprint density at radius 1 is 1.44 bits per heavy atom. The first kappa shape index (κ1) is 15.1. The van der Waals surface area contributed by atoms with Crippen LogP contribution in [-0.2, 0) is 6.54 Å². The molecule has 0 atom stereocenters. The summed E-state index contributed by atoms with van der Waals surface area (Å²) in [5.41, 5.74) is -0.0175. The predicted octanol–water partition coefficient (Wildman–Crippen LogP) is 2.45. The van der Waals surface area contributed by atoms with E-state index in [-0.39, 0.29) is 5.56 Å². The van der Waals surface area contributed by atoms with Gasteiger partial charge in [-0.05, 0) is 30.8 Å². The van der Waals surface area contributed by atoms with Gasteiger partial charge in [0, 0.05) is 25.5 Å². The van der Waals surface area contributed by atoms with E-state index in [1.54, 1.807) is 17.0 Å². The van der Waals surface area contributed by atoms with Gasteiger partial charge in [-0.15, -0.1) is 0 Å². The normalized spacial score (nSPS) is 10.9. The second kappa shape index (κ2) is 8.19. The summed E-state index contributed by atoms with van der Waals surface area (Å²) in [6.45, 7) is 5.75. The van der Waals surface area contributed by atoms with Crippen LogP contribution in [0.1, 0.15) is 26.7 Å². The van der Waals surface area contributed by atoms with E-state index in [0.717, 1.165) is 19.5 Å². The number of nitrogens with zero attached hydrogens (tertiary/aromatic N) is 2. The van der Waals surface area contributed by atoms with E-state index >= 15 is 0 Å². The van der Waals surface area contributed by atoms with Crippen molar-refractivity contribution in [3.05, 3.63) is 22.7 Å². The zero-order valence-corrected chi connectivity index (χ0v) is 12.3. The molecule has 1 N–H and O–H groups in total. The monoisotopic (exact) mass is 269 g/mol. The Labute approximate surface area is 113 Å². The second-order valence-electron chi connectivity index (χ2n) is 4.75. The van der Waals surface area contributed by atoms with Crippen molar-refractivity contribution in [2.24, 2.45) is 5.92 Å². The Bertz CT molecular complexity index is 403. The number of aromatic nitrogens is 2. The van der Waals surface area contributed by atoms with Gasteiger partial charge in [0.1, 0.15) is 0 Å². The first-order chi connectivity index (χ1) is 8.65. The summed E-state index contributed by atoms with van der Waals surface area (Å²) in [4.78, 5) is 16.2. The maximum atomic E-state index is 12.1. The third-order valence-electron chi connectivity index (χ3n) is 2.54. The van der Waals surface area contributed by atoms with Crippen LogP contribution in [0.25, 0.3) is 0 Å². The highest BCUT2D eigenvalue weighted by Crippen LogP contribution is 2.01. The molecule has 0 aliphatic rings. The first-order valence-electron chi connectivity index (χ1n) is 6.43. The van der Waals surface area contributed by atoms with Crippen molar-refractivity contribution in [3.63, 3.8) is 0 Å². The van der Waals surface area contributed by atoms with Crippen molar-refractivity contribution >= 4 is 17.6 Å². The Kier molecular flexibility index (Phi) is 6.86. The number of hydrogen-bond donors (Lipinski definition) is 1. The molecule has 0 spiro atoms. The molecule has 5 heteroatoms. The molecule has 1 aromatic rings. The van der Waals surface area contributed by atoms with Crippen LogP contribution in [0.5, 0.6) is 0 Å². The molecule has 0 saturated carbocycles. The summed E-state index contributed by atoms with van der Waals surface area (Å²) in [5, 5.41) is 3.13. The lowest BCUT2D eigenvalue weighted by atomic mass is 10.2. The summed E-state index contributed by atoms with van der Waals surface area (Å²) in [5.74, 6) is 2.10. The lowest BCUT2D eigenvalue weighted by Gasteiger charge is -2.10. The maximum absolute atomic E-state index is 12.1. The fraction of sp³-hybridized carbons (Fsp3) is 0.692. The molecule has 102 valence electrons. The molecule has 0 bridgehead atoms. The average molecular weight is 269 g/mol. The topological polar surface area (TPSA) is 46.9 Å². The molecule has 4 nitrogen and oxygen atoms in total. The predicted molar refractivity (Wildman–Crippen MR) is 79.4 cm³/mol. The summed E-state index contributed by atoms with van der Waals surface area (Å²) in [6, 6.07) is 0. The van der Waals surface area contributed by atoms with E-state index in [2.05, 4.69) is 30.4 Å². The molecule has 0 unspecified atom stereocenters. The van der Waals surface area contributed by atoms with Gasteiger partial charge in [0.05, 0.1) is 0 Å². The molecule has 0 aliphatic heterocycles. The molecule has 1 aromatic heterocycles. The number of unbranched alkanes of at least 4 members (excludes halogenated alkanes) is 1. The van der Waals surface area contributed by atoms with E-state index in [1.165, 1.54) is 12.2 Å². The molecule has 0 radical (unpaired) electrons. The Balaban J connectivity index is 2.53. The van der Waals surface area contributed by atoms with Gasteiger partial charge in [0.15, 0.2) is 5.82 Å². The summed E-state index contributed by atoms with van der Waals surface area (Å²) >= 11 is 1.85. The largest absolute Gasteiger partial charge is 0.365 e. The van der Waals surface area contributed by atoms with E-state index in [1.807, 2.05) is 11.8 Å². The zero-order valence-electron chi connectivity index (χ0n) is 11.5. The SMILES string of the molecule is CSCCCCNc1nccn(CC(C)C)c1=O. The molecule has 18 heavy (non-hydrogen) atoms. The van der Waals surface area contributed by atoms with E-state index in [4.69, 9.17) is 0 Å². The Morgan fingerprint density at radius 3 is 2.89 bits per heavy atom. The van der Waals surface area contributed by atoms with Crippen molar-refractivity contribution in [3.8, 4) is 0 Å². The van der Waals surface area contributed by atoms with Gasteiger partial charge in [-0.25, -0.2) is 4.98 Å². The molecular formula is C13H23N3OS. The molecule has 0 fully saturated rings. The van der Waals surface area contributed by atoms with E-state index in [9.17, 15) is 4.79 Å². The summed E-state index contributed by atoms with van der Waals surface area (Å²) in [7, 11) is 0. The van der Waals surface area contributed by atoms with Crippen LogP contribution in [0.2, 0.25) is 0 Å². The van der Waals surface area contributed by atoms with E-state index < -0.39 is 0 Å². The minimum Gasteiger partial charge on any atom is -0.365 e. The number of thioether (sulfide) groups is 1. The third-order valence-corrected chi connectivity index (χ3v) is 3.24. The first-order valence-corrected chi connectivity index (χ1v) is 7.82. The van der Waals surface area contributed by atoms with Gasteiger partial charge in [0.25, 0.3) is 5.56 Å². The van der Waals surface area contributed by atoms with Crippen molar-refractivity contribution in [2.45, 2.75) is 33.2 Å². The number of nitrogens with one attached hydrogen (secondary N) is 1. The highest BCUT2D eigenvalue weighted by Gasteiger charge is 2.05. The Hall–Kier alpha value is -0.970. The molecular weight excluding hydrogens is 246 g/mol. The minimum atomic E-state index is -0.0175. The van der Waals surface area contributed by atoms with Gasteiger partial charge < -0.3 is 9.88 Å². The number of hydrogen-bond acceptors (Lipinski definition) is 4. The van der Waals surface area contributed by atoms with Gasteiger partial charge in [-0.1, -0.05) is 13.8 Å². The van der Waals surface area contributed by atoms with Crippen LogP contribution in [0.15, 0.2) is 17.2 Å². The second-order valence-corrected chi connectivity index (χ2v) is 5.74. The molecule has 0 aromatic carbocycles. The standard InChI is InChI=1S/C13H23N3OS/c1-11(2)10-16-8-7-15-12(13(16)17)14-6-4-5-9-18-3/h7-8,11H,4-6,9-10H2,1-3H3,(H,14,15). The smallest absolute Gasteiger partial charge is 0.293 e. The van der Waals surface area contributed by atoms with Crippen LogP contribution < -0.4 is 10.9 Å². The average Bonchev–Trinajstić information content (AvgIpc) is 2.33. The van der Waals surface area contributed by atoms with Crippen molar-refractivity contribution < 1.29 is 0 Å². The summed E-state index contributed by atoms with van der Waals surface area (Å²) in [6.07, 6.45) is 7.79. The van der Waals surface area contributed by atoms with Crippen LogP contribution in [0.3, 0.4) is 0 Å². The molecule has 0 aliphatic carbocycles. The van der Waals surface area contributed by atoms with Crippen LogP contribution in [0, 0.1) is 5.92 Å². The van der Waals surface area contributed by atoms with Crippen molar-refractivity contribution in [1.82, 2.24) is 9.55 Å². The van der Waals surface area contributed by atoms with Crippen molar-refractivity contribution in [2.75, 3.05) is 23.9 Å². The van der Waals surface area contributed by atoms with Gasteiger partial charge in [-0.2, -0.15) is 11.8 Å². The van der Waals surface area contributed by atoms with Gasteiger partial charge in [-0.3, -0.25) is 4.79 Å². The fourth-order valence-electron chi connectivity index (χ4n) is 1.68. The lowest BCUT2D eigenvalue weighted by molar-refractivity contribution is 0.509. The maximum Gasteiger partial charge on any atom is 0.293 e. The number of rotatable bonds is 8. The summed E-state index contributed by atoms with van der Waals surface area (Å²) < 4.78 is 1.72. The van der Waals surface area contributed by atoms with Gasteiger partial charge in [0.2, 0.25) is 0 Å². The highest BCUT2D eigenvalue weighted by molar-refractivity contribution is 7.98. The van der Waals surface area contributed by atoms with E-state index in [0.29, 0.717) is 11.7 Å². The third kappa shape index (κ3) is 5.12. The Morgan fingerprint density at radius 2 is 2.22 bits per heavy atom. The quantitative estimate of drug-likeness (QED) is 0.736. The fourth-order valence-corrected chi connectivity index (χ4v) is 2.18. The van der Waals surface area contributed by atoms with Crippen LogP contribution in [0.4, 0.5) is 5.82 Å². The highest BCUT2D eigenvalue weighted by atomic mass is 32.2. The number of anilines is 1. The van der Waals surface area contributed by atoms with Crippen molar-refractivity contribution in [1.29, 1.82) is 0 Å². The molecule has 1 rings (SSSR count).